The van der Waals surface area contributed by atoms with Gasteiger partial charge in [0, 0.05) is 12.4 Å². The van der Waals surface area contributed by atoms with Crippen LogP contribution < -0.4 is 5.73 Å². The standard InChI is InChI=1S/C18H20BrN3/c1-4-21-16(11-20)18(15-9-6-10-17(19)22-15)14-8-5-7-12(2)13(14)3/h4-11,18H,20H2,1-3H3/b16-11-,21-4?. The van der Waals surface area contributed by atoms with Crippen molar-refractivity contribution in [3.63, 3.8) is 0 Å². The Kier molecular flexibility index (Phi) is 5.50. The summed E-state index contributed by atoms with van der Waals surface area (Å²) in [6, 6.07) is 12.2. The van der Waals surface area contributed by atoms with E-state index in [-0.39, 0.29) is 5.92 Å². The van der Waals surface area contributed by atoms with Gasteiger partial charge in [-0.1, -0.05) is 24.3 Å². The molecule has 0 aliphatic rings. The summed E-state index contributed by atoms with van der Waals surface area (Å²) in [7, 11) is 0. The van der Waals surface area contributed by atoms with Crippen LogP contribution in [0.15, 0.2) is 57.9 Å². The van der Waals surface area contributed by atoms with E-state index in [2.05, 4.69) is 58.0 Å². The molecule has 0 saturated carbocycles. The molecule has 1 aromatic heterocycles. The SMILES string of the molecule is CC=N/C(=C\N)C(c1cccc(Br)n1)c1cccc(C)c1C. The number of aliphatic imine (C=N–C) groups is 1. The number of nitrogens with zero attached hydrogens (tertiary/aromatic N) is 2. The maximum absolute atomic E-state index is 5.85. The van der Waals surface area contributed by atoms with Crippen molar-refractivity contribution < 1.29 is 0 Å². The zero-order chi connectivity index (χ0) is 16.1. The Morgan fingerprint density at radius 3 is 2.59 bits per heavy atom. The minimum Gasteiger partial charge on any atom is -0.403 e. The lowest BCUT2D eigenvalue weighted by Gasteiger charge is -2.21. The van der Waals surface area contributed by atoms with Gasteiger partial charge in [0.25, 0.3) is 0 Å². The first-order chi connectivity index (χ1) is 10.6. The molecule has 0 aliphatic carbocycles. The average molecular weight is 358 g/mol. The largest absolute Gasteiger partial charge is 0.403 e. The summed E-state index contributed by atoms with van der Waals surface area (Å²) in [4.78, 5) is 9.07. The molecule has 0 radical (unpaired) electrons. The molecular formula is C18H20BrN3. The molecule has 4 heteroatoms. The van der Waals surface area contributed by atoms with Gasteiger partial charge in [-0.05, 0) is 65.5 Å². The van der Waals surface area contributed by atoms with Gasteiger partial charge in [0.05, 0.1) is 17.3 Å². The number of aromatic nitrogens is 1. The number of allylic oxidation sites excluding steroid dienone is 1. The minimum atomic E-state index is -0.0846. The number of nitrogens with two attached hydrogens (primary N) is 1. The highest BCUT2D eigenvalue weighted by atomic mass is 79.9. The number of aryl methyl sites for hydroxylation is 1. The summed E-state index contributed by atoms with van der Waals surface area (Å²) in [6.07, 6.45) is 3.32. The Labute approximate surface area is 140 Å². The van der Waals surface area contributed by atoms with Gasteiger partial charge < -0.3 is 5.73 Å². The Morgan fingerprint density at radius 1 is 1.23 bits per heavy atom. The molecule has 0 aliphatic heterocycles. The van der Waals surface area contributed by atoms with Crippen LogP contribution in [0.3, 0.4) is 0 Å². The predicted molar refractivity (Wildman–Crippen MR) is 96.1 cm³/mol. The second kappa shape index (κ2) is 7.36. The molecule has 0 saturated heterocycles. The van der Waals surface area contributed by atoms with E-state index >= 15 is 0 Å². The zero-order valence-electron chi connectivity index (χ0n) is 13.0. The van der Waals surface area contributed by atoms with E-state index in [1.54, 1.807) is 12.4 Å². The molecule has 0 fully saturated rings. The Bertz CT molecular complexity index is 720. The maximum atomic E-state index is 5.85. The molecule has 1 atom stereocenters. The van der Waals surface area contributed by atoms with Gasteiger partial charge in [-0.2, -0.15) is 0 Å². The topological polar surface area (TPSA) is 51.3 Å². The molecule has 0 amide bonds. The van der Waals surface area contributed by atoms with Crippen LogP contribution in [0.2, 0.25) is 0 Å². The van der Waals surface area contributed by atoms with Crippen molar-refractivity contribution in [2.75, 3.05) is 0 Å². The molecule has 2 aromatic rings. The monoisotopic (exact) mass is 357 g/mol. The molecule has 0 bridgehead atoms. The first-order valence-corrected chi connectivity index (χ1v) is 7.96. The Balaban J connectivity index is 2.67. The van der Waals surface area contributed by atoms with Gasteiger partial charge in [-0.15, -0.1) is 0 Å². The van der Waals surface area contributed by atoms with Crippen LogP contribution >= 0.6 is 15.9 Å². The normalized spacial score (nSPS) is 13.5. The molecule has 3 nitrogen and oxygen atoms in total. The van der Waals surface area contributed by atoms with E-state index in [0.29, 0.717) is 0 Å². The van der Waals surface area contributed by atoms with Gasteiger partial charge in [0.15, 0.2) is 0 Å². The quantitative estimate of drug-likeness (QED) is 0.647. The van der Waals surface area contributed by atoms with Crippen LogP contribution in [0.4, 0.5) is 0 Å². The van der Waals surface area contributed by atoms with Gasteiger partial charge >= 0.3 is 0 Å². The van der Waals surface area contributed by atoms with Crippen LogP contribution in [-0.2, 0) is 0 Å². The molecule has 114 valence electrons. The summed E-state index contributed by atoms with van der Waals surface area (Å²) in [5.74, 6) is -0.0846. The average Bonchev–Trinajstić information content (AvgIpc) is 2.51. The number of hydrogen-bond acceptors (Lipinski definition) is 3. The first kappa shape index (κ1) is 16.4. The third-order valence-corrected chi connectivity index (χ3v) is 4.18. The number of hydrogen-bond donors (Lipinski definition) is 1. The number of rotatable bonds is 4. The fourth-order valence-electron chi connectivity index (χ4n) is 2.50. The molecule has 0 spiro atoms. The minimum absolute atomic E-state index is 0.0846. The molecule has 1 aromatic carbocycles. The highest BCUT2D eigenvalue weighted by Crippen LogP contribution is 2.34. The summed E-state index contributed by atoms with van der Waals surface area (Å²) in [5, 5.41) is 0. The van der Waals surface area contributed by atoms with E-state index in [1.807, 2.05) is 25.1 Å². The summed E-state index contributed by atoms with van der Waals surface area (Å²) in [5.41, 5.74) is 11.2. The fourth-order valence-corrected chi connectivity index (χ4v) is 2.86. The van der Waals surface area contributed by atoms with Crippen LogP contribution in [0.1, 0.15) is 35.2 Å². The van der Waals surface area contributed by atoms with Crippen molar-refractivity contribution in [1.82, 2.24) is 4.98 Å². The second-order valence-corrected chi connectivity index (χ2v) is 5.90. The fraction of sp³-hybridized carbons (Fsp3) is 0.222. The van der Waals surface area contributed by atoms with Gasteiger partial charge in [-0.3, -0.25) is 4.99 Å². The highest BCUT2D eigenvalue weighted by Gasteiger charge is 2.22. The highest BCUT2D eigenvalue weighted by molar-refractivity contribution is 9.10. The molecule has 2 N–H and O–H groups in total. The summed E-state index contributed by atoms with van der Waals surface area (Å²) >= 11 is 3.45. The van der Waals surface area contributed by atoms with Gasteiger partial charge in [0.2, 0.25) is 0 Å². The van der Waals surface area contributed by atoms with Gasteiger partial charge in [0.1, 0.15) is 4.60 Å². The summed E-state index contributed by atoms with van der Waals surface area (Å²) in [6.45, 7) is 6.12. The van der Waals surface area contributed by atoms with Crippen molar-refractivity contribution in [3.8, 4) is 0 Å². The summed E-state index contributed by atoms with van der Waals surface area (Å²) < 4.78 is 0.803. The van der Waals surface area contributed by atoms with Crippen molar-refractivity contribution in [2.24, 2.45) is 10.7 Å². The smallest absolute Gasteiger partial charge is 0.106 e. The van der Waals surface area contributed by atoms with E-state index in [0.717, 1.165) is 16.0 Å². The number of halogens is 1. The van der Waals surface area contributed by atoms with Crippen LogP contribution in [0, 0.1) is 13.8 Å². The molecule has 2 rings (SSSR count). The van der Waals surface area contributed by atoms with Crippen molar-refractivity contribution in [3.05, 3.63) is 75.3 Å². The molecule has 1 unspecified atom stereocenters. The molecular weight excluding hydrogens is 338 g/mol. The van der Waals surface area contributed by atoms with Crippen molar-refractivity contribution in [1.29, 1.82) is 0 Å². The van der Waals surface area contributed by atoms with E-state index in [4.69, 9.17) is 5.73 Å². The predicted octanol–water partition coefficient (Wildman–Crippen LogP) is 4.48. The molecule has 1 heterocycles. The van der Waals surface area contributed by atoms with Crippen LogP contribution in [0.25, 0.3) is 0 Å². The van der Waals surface area contributed by atoms with E-state index in [1.165, 1.54) is 16.7 Å². The lowest BCUT2D eigenvalue weighted by atomic mass is 9.87. The lowest BCUT2D eigenvalue weighted by molar-refractivity contribution is 0.862. The van der Waals surface area contributed by atoms with Crippen molar-refractivity contribution >= 4 is 22.1 Å². The maximum Gasteiger partial charge on any atom is 0.106 e. The number of pyridine rings is 1. The third-order valence-electron chi connectivity index (χ3n) is 3.73. The van der Waals surface area contributed by atoms with Crippen molar-refractivity contribution in [2.45, 2.75) is 26.7 Å². The van der Waals surface area contributed by atoms with E-state index < -0.39 is 0 Å². The third kappa shape index (κ3) is 3.45. The number of benzene rings is 1. The van der Waals surface area contributed by atoms with Crippen LogP contribution in [-0.4, -0.2) is 11.2 Å². The van der Waals surface area contributed by atoms with Gasteiger partial charge in [-0.25, -0.2) is 4.98 Å². The zero-order valence-corrected chi connectivity index (χ0v) is 14.6. The van der Waals surface area contributed by atoms with E-state index in [9.17, 15) is 0 Å². The second-order valence-electron chi connectivity index (χ2n) is 5.09. The van der Waals surface area contributed by atoms with Crippen LogP contribution in [0.5, 0.6) is 0 Å². The lowest BCUT2D eigenvalue weighted by Crippen LogP contribution is -2.10. The Morgan fingerprint density at radius 2 is 1.95 bits per heavy atom. The first-order valence-electron chi connectivity index (χ1n) is 7.17. The molecule has 22 heavy (non-hydrogen) atoms. The Hall–Kier alpha value is -1.94.